The molecule has 2 aromatic carbocycles. The Hall–Kier alpha value is -2.29. The Kier molecular flexibility index (Phi) is 3.63. The number of benzene rings is 2. The fraction of sp³-hybridized carbons (Fsp3) is 0.133. The van der Waals surface area contributed by atoms with Gasteiger partial charge in [-0.3, -0.25) is 4.79 Å². The van der Waals surface area contributed by atoms with Crippen molar-refractivity contribution in [3.05, 3.63) is 53.6 Å². The van der Waals surface area contributed by atoms with Crippen molar-refractivity contribution < 1.29 is 14.3 Å². The molecule has 0 N–H and O–H groups in total. The van der Waals surface area contributed by atoms with E-state index in [0.29, 0.717) is 17.1 Å². The maximum atomic E-state index is 10.9. The fourth-order valence-corrected chi connectivity index (χ4v) is 1.71. The molecule has 2 aromatic rings. The van der Waals surface area contributed by atoms with Crippen molar-refractivity contribution >= 4 is 6.29 Å². The van der Waals surface area contributed by atoms with Crippen LogP contribution in [0.5, 0.6) is 17.2 Å². The molecule has 0 heterocycles. The van der Waals surface area contributed by atoms with Crippen molar-refractivity contribution in [1.82, 2.24) is 0 Å². The Bertz CT molecular complexity index is 561. The number of rotatable bonds is 4. The van der Waals surface area contributed by atoms with E-state index >= 15 is 0 Å². The van der Waals surface area contributed by atoms with Crippen LogP contribution in [-0.2, 0) is 0 Å². The van der Waals surface area contributed by atoms with Crippen LogP contribution in [0.3, 0.4) is 0 Å². The third kappa shape index (κ3) is 2.35. The van der Waals surface area contributed by atoms with Gasteiger partial charge in [-0.2, -0.15) is 0 Å². The van der Waals surface area contributed by atoms with Crippen LogP contribution in [0.2, 0.25) is 0 Å². The molecule has 3 heteroatoms. The highest BCUT2D eigenvalue weighted by Gasteiger charge is 2.11. The molecule has 92 valence electrons. The average molecular weight is 242 g/mol. The van der Waals surface area contributed by atoms with Gasteiger partial charge >= 0.3 is 0 Å². The molecule has 3 nitrogen and oxygen atoms in total. The minimum Gasteiger partial charge on any atom is -0.492 e. The Balaban J connectivity index is 2.40. The van der Waals surface area contributed by atoms with E-state index in [9.17, 15) is 4.79 Å². The number of aldehydes is 1. The van der Waals surface area contributed by atoms with E-state index in [1.165, 1.54) is 7.11 Å². The highest BCUT2D eigenvalue weighted by molar-refractivity contribution is 5.81. The highest BCUT2D eigenvalue weighted by Crippen LogP contribution is 2.34. The molecule has 0 aliphatic heterocycles. The molecule has 0 bridgehead atoms. The van der Waals surface area contributed by atoms with Gasteiger partial charge in [0.15, 0.2) is 17.8 Å². The number of aryl methyl sites for hydroxylation is 1. The predicted molar refractivity (Wildman–Crippen MR) is 69.6 cm³/mol. The first-order valence-corrected chi connectivity index (χ1v) is 5.62. The van der Waals surface area contributed by atoms with Crippen LogP contribution in [-0.4, -0.2) is 13.4 Å². The third-order valence-corrected chi connectivity index (χ3v) is 2.65. The average Bonchev–Trinajstić information content (AvgIpc) is 2.41. The van der Waals surface area contributed by atoms with Crippen molar-refractivity contribution in [2.45, 2.75) is 6.92 Å². The molecule has 0 radical (unpaired) electrons. The number of methoxy groups -OCH3 is 1. The van der Waals surface area contributed by atoms with Gasteiger partial charge < -0.3 is 9.47 Å². The van der Waals surface area contributed by atoms with E-state index in [2.05, 4.69) is 0 Å². The lowest BCUT2D eigenvalue weighted by Crippen LogP contribution is -1.95. The largest absolute Gasteiger partial charge is 0.492 e. The van der Waals surface area contributed by atoms with Gasteiger partial charge in [0, 0.05) is 0 Å². The molecule has 2 rings (SSSR count). The van der Waals surface area contributed by atoms with Crippen LogP contribution in [0.4, 0.5) is 0 Å². The van der Waals surface area contributed by atoms with E-state index in [-0.39, 0.29) is 0 Å². The monoisotopic (exact) mass is 242 g/mol. The lowest BCUT2D eigenvalue weighted by molar-refractivity contribution is 0.112. The minimum atomic E-state index is 0.454. The van der Waals surface area contributed by atoms with Crippen molar-refractivity contribution in [3.63, 3.8) is 0 Å². The summed E-state index contributed by atoms with van der Waals surface area (Å²) in [6.07, 6.45) is 0.754. The molecule has 0 saturated heterocycles. The van der Waals surface area contributed by atoms with Crippen LogP contribution >= 0.6 is 0 Å². The van der Waals surface area contributed by atoms with Gasteiger partial charge in [-0.05, 0) is 30.7 Å². The van der Waals surface area contributed by atoms with Gasteiger partial charge in [-0.1, -0.05) is 24.3 Å². The Labute approximate surface area is 106 Å². The predicted octanol–water partition coefficient (Wildman–Crippen LogP) is 3.61. The Morgan fingerprint density at radius 3 is 2.39 bits per heavy atom. The van der Waals surface area contributed by atoms with E-state index < -0.39 is 0 Å². The van der Waals surface area contributed by atoms with Gasteiger partial charge in [0.2, 0.25) is 0 Å². The molecule has 0 amide bonds. The number of hydrogen-bond acceptors (Lipinski definition) is 3. The van der Waals surface area contributed by atoms with Crippen molar-refractivity contribution in [2.24, 2.45) is 0 Å². The number of para-hydroxylation sites is 2. The van der Waals surface area contributed by atoms with Crippen LogP contribution in [0, 0.1) is 6.92 Å². The van der Waals surface area contributed by atoms with E-state index in [1.54, 1.807) is 18.2 Å². The summed E-state index contributed by atoms with van der Waals surface area (Å²) in [5.74, 6) is 1.74. The summed E-state index contributed by atoms with van der Waals surface area (Å²) in [6.45, 7) is 1.96. The molecule has 0 unspecified atom stereocenters. The van der Waals surface area contributed by atoms with Crippen LogP contribution in [0.1, 0.15) is 15.9 Å². The lowest BCUT2D eigenvalue weighted by Gasteiger charge is -2.13. The fourth-order valence-electron chi connectivity index (χ4n) is 1.71. The topological polar surface area (TPSA) is 35.5 Å². The zero-order valence-electron chi connectivity index (χ0n) is 10.3. The van der Waals surface area contributed by atoms with Gasteiger partial charge in [0.1, 0.15) is 5.75 Å². The number of carbonyl (C=O) groups is 1. The normalized spacial score (nSPS) is 9.89. The first kappa shape index (κ1) is 12.2. The van der Waals surface area contributed by atoms with Crippen molar-refractivity contribution in [2.75, 3.05) is 7.11 Å². The van der Waals surface area contributed by atoms with Gasteiger partial charge in [0.25, 0.3) is 0 Å². The van der Waals surface area contributed by atoms with Crippen LogP contribution in [0.15, 0.2) is 42.5 Å². The molecule has 0 spiro atoms. The Morgan fingerprint density at radius 1 is 1.00 bits per heavy atom. The van der Waals surface area contributed by atoms with Crippen molar-refractivity contribution in [3.8, 4) is 17.2 Å². The molecule has 0 aliphatic carbocycles. The first-order valence-electron chi connectivity index (χ1n) is 5.62. The molecule has 0 aliphatic rings. The summed E-state index contributed by atoms with van der Waals surface area (Å²) in [4.78, 5) is 10.9. The van der Waals surface area contributed by atoms with Crippen molar-refractivity contribution in [1.29, 1.82) is 0 Å². The summed E-state index contributed by atoms with van der Waals surface area (Å²) in [6, 6.07) is 12.9. The Morgan fingerprint density at radius 2 is 1.72 bits per heavy atom. The maximum Gasteiger partial charge on any atom is 0.171 e. The lowest BCUT2D eigenvalue weighted by atomic mass is 10.2. The zero-order chi connectivity index (χ0) is 13.0. The van der Waals surface area contributed by atoms with E-state index in [0.717, 1.165) is 17.6 Å². The number of ether oxygens (including phenoxy) is 2. The molecule has 0 aromatic heterocycles. The molecule has 0 atom stereocenters. The summed E-state index contributed by atoms with van der Waals surface area (Å²) in [7, 11) is 1.52. The SMILES string of the molecule is COc1c(C=O)cccc1Oc1ccccc1C. The number of carbonyl (C=O) groups excluding carboxylic acids is 1. The van der Waals surface area contributed by atoms with Gasteiger partial charge in [0.05, 0.1) is 12.7 Å². The first-order chi connectivity index (χ1) is 8.76. The molecular weight excluding hydrogens is 228 g/mol. The second kappa shape index (κ2) is 5.36. The summed E-state index contributed by atoms with van der Waals surface area (Å²) >= 11 is 0. The standard InChI is InChI=1S/C15H14O3/c1-11-6-3-4-8-13(11)18-14-9-5-7-12(10-16)15(14)17-2/h3-10H,1-2H3. The highest BCUT2D eigenvalue weighted by atomic mass is 16.5. The minimum absolute atomic E-state index is 0.454. The van der Waals surface area contributed by atoms with Gasteiger partial charge in [-0.15, -0.1) is 0 Å². The third-order valence-electron chi connectivity index (χ3n) is 2.65. The second-order valence-electron chi connectivity index (χ2n) is 3.86. The summed E-state index contributed by atoms with van der Waals surface area (Å²) < 4.78 is 11.0. The number of hydrogen-bond donors (Lipinski definition) is 0. The second-order valence-corrected chi connectivity index (χ2v) is 3.86. The van der Waals surface area contributed by atoms with Crippen LogP contribution in [0.25, 0.3) is 0 Å². The van der Waals surface area contributed by atoms with E-state index in [1.807, 2.05) is 31.2 Å². The van der Waals surface area contributed by atoms with E-state index in [4.69, 9.17) is 9.47 Å². The summed E-state index contributed by atoms with van der Waals surface area (Å²) in [5.41, 5.74) is 1.50. The maximum absolute atomic E-state index is 10.9. The molecule has 0 fully saturated rings. The van der Waals surface area contributed by atoms with Crippen LogP contribution < -0.4 is 9.47 Å². The molecule has 18 heavy (non-hydrogen) atoms. The molecule has 0 saturated carbocycles. The summed E-state index contributed by atoms with van der Waals surface area (Å²) in [5, 5.41) is 0. The smallest absolute Gasteiger partial charge is 0.171 e. The molecular formula is C15H14O3. The quantitative estimate of drug-likeness (QED) is 0.768. The zero-order valence-corrected chi connectivity index (χ0v) is 10.3. The van der Waals surface area contributed by atoms with Gasteiger partial charge in [-0.25, -0.2) is 0 Å².